The summed E-state index contributed by atoms with van der Waals surface area (Å²) in [6, 6.07) is 1.49. The van der Waals surface area contributed by atoms with Crippen molar-refractivity contribution in [3.63, 3.8) is 0 Å². The number of nitrogens with zero attached hydrogens (tertiary/aromatic N) is 5. The molecule has 1 aliphatic heterocycles. The molecule has 2 aromatic rings. The molecule has 0 bridgehead atoms. The van der Waals surface area contributed by atoms with E-state index in [1.165, 1.54) is 0 Å². The van der Waals surface area contributed by atoms with Crippen molar-refractivity contribution in [1.82, 2.24) is 24.2 Å². The summed E-state index contributed by atoms with van der Waals surface area (Å²) in [5.41, 5.74) is 5.43. The molecule has 2 amide bonds. The van der Waals surface area contributed by atoms with Crippen molar-refractivity contribution in [3.05, 3.63) is 36.7 Å². The summed E-state index contributed by atoms with van der Waals surface area (Å²) < 4.78 is 3.96. The van der Waals surface area contributed by atoms with E-state index in [4.69, 9.17) is 5.73 Å². The van der Waals surface area contributed by atoms with Crippen LogP contribution in [0.25, 0.3) is 0 Å². The zero-order valence-corrected chi connectivity index (χ0v) is 10.5. The van der Waals surface area contributed by atoms with E-state index < -0.39 is 6.03 Å². The lowest BCUT2D eigenvalue weighted by molar-refractivity contribution is 0.191. The van der Waals surface area contributed by atoms with Crippen LogP contribution in [-0.2, 0) is 19.6 Å². The van der Waals surface area contributed by atoms with Crippen LogP contribution in [0.1, 0.15) is 5.82 Å². The van der Waals surface area contributed by atoms with Gasteiger partial charge in [-0.2, -0.15) is 5.10 Å². The summed E-state index contributed by atoms with van der Waals surface area (Å²) in [5.74, 6) is 1.14. The highest BCUT2D eigenvalue weighted by Gasteiger charge is 2.24. The molecule has 0 unspecified atom stereocenters. The topological polar surface area (TPSA) is 82.0 Å². The third kappa shape index (κ3) is 2.44. The second kappa shape index (κ2) is 4.75. The van der Waals surface area contributed by atoms with E-state index >= 15 is 0 Å². The van der Waals surface area contributed by atoms with Gasteiger partial charge in [-0.1, -0.05) is 0 Å². The molecule has 0 aromatic carbocycles. The van der Waals surface area contributed by atoms with Crippen LogP contribution in [0.3, 0.4) is 0 Å². The van der Waals surface area contributed by atoms with Gasteiger partial charge in [-0.15, -0.1) is 0 Å². The fourth-order valence-corrected chi connectivity index (χ4v) is 2.50. The van der Waals surface area contributed by atoms with Gasteiger partial charge in [0.25, 0.3) is 0 Å². The number of fused-ring (bicyclic) bond motifs is 1. The maximum absolute atomic E-state index is 11.5. The van der Waals surface area contributed by atoms with E-state index in [9.17, 15) is 4.79 Å². The summed E-state index contributed by atoms with van der Waals surface area (Å²) >= 11 is 0. The zero-order chi connectivity index (χ0) is 13.2. The number of carbonyl (C=O) groups excluding carboxylic acids is 1. The van der Waals surface area contributed by atoms with Gasteiger partial charge in [0.05, 0.1) is 6.54 Å². The van der Waals surface area contributed by atoms with Crippen molar-refractivity contribution in [1.29, 1.82) is 0 Å². The lowest BCUT2D eigenvalue weighted by atomic mass is 10.1. The predicted molar refractivity (Wildman–Crippen MR) is 67.9 cm³/mol. The molecule has 3 heterocycles. The quantitative estimate of drug-likeness (QED) is 0.842. The molecule has 7 nitrogen and oxygen atoms in total. The highest BCUT2D eigenvalue weighted by atomic mass is 16.2. The molecule has 2 N–H and O–H groups in total. The molecule has 1 aliphatic rings. The molecular weight excluding hydrogens is 244 g/mol. The average molecular weight is 260 g/mol. The third-order valence-corrected chi connectivity index (χ3v) is 3.38. The molecule has 3 rings (SSSR count). The Bertz CT molecular complexity index is 561. The SMILES string of the molecule is NC(=O)N1Cc2nccn2C[C@@H](Cn2cccn2)C1. The summed E-state index contributed by atoms with van der Waals surface area (Å²) in [7, 11) is 0. The molecule has 0 saturated heterocycles. The summed E-state index contributed by atoms with van der Waals surface area (Å²) in [6.07, 6.45) is 7.38. The Morgan fingerprint density at radius 2 is 2.26 bits per heavy atom. The lowest BCUT2D eigenvalue weighted by Crippen LogP contribution is -2.38. The fraction of sp³-hybridized carbons (Fsp3) is 0.417. The van der Waals surface area contributed by atoms with Crippen LogP contribution in [0.2, 0.25) is 0 Å². The maximum atomic E-state index is 11.5. The predicted octanol–water partition coefficient (Wildman–Crippen LogP) is 0.290. The van der Waals surface area contributed by atoms with Crippen molar-refractivity contribution in [2.75, 3.05) is 6.54 Å². The summed E-state index contributed by atoms with van der Waals surface area (Å²) in [4.78, 5) is 17.4. The van der Waals surface area contributed by atoms with Crippen molar-refractivity contribution < 1.29 is 4.79 Å². The van der Waals surface area contributed by atoms with Gasteiger partial charge in [0.2, 0.25) is 0 Å². The van der Waals surface area contributed by atoms with Gasteiger partial charge in [0, 0.05) is 50.3 Å². The van der Waals surface area contributed by atoms with E-state index in [1.54, 1.807) is 17.3 Å². The largest absolute Gasteiger partial charge is 0.351 e. The molecule has 0 fully saturated rings. The molecule has 0 radical (unpaired) electrons. The molecule has 19 heavy (non-hydrogen) atoms. The minimum absolute atomic E-state index is 0.267. The van der Waals surface area contributed by atoms with Crippen LogP contribution in [0.5, 0.6) is 0 Å². The Morgan fingerprint density at radius 1 is 1.37 bits per heavy atom. The Morgan fingerprint density at radius 3 is 3.00 bits per heavy atom. The van der Waals surface area contributed by atoms with E-state index in [0.717, 1.165) is 18.9 Å². The first-order valence-corrected chi connectivity index (χ1v) is 6.24. The van der Waals surface area contributed by atoms with Gasteiger partial charge >= 0.3 is 6.03 Å². The van der Waals surface area contributed by atoms with E-state index in [1.807, 2.05) is 23.1 Å². The molecule has 100 valence electrons. The van der Waals surface area contributed by atoms with Crippen LogP contribution >= 0.6 is 0 Å². The molecule has 1 atom stereocenters. The maximum Gasteiger partial charge on any atom is 0.315 e. The molecule has 0 saturated carbocycles. The number of carbonyl (C=O) groups is 1. The summed E-state index contributed by atoms with van der Waals surface area (Å²) in [5, 5.41) is 4.21. The number of urea groups is 1. The Labute approximate surface area is 110 Å². The standard InChI is InChI=1S/C12H16N6O/c13-12(19)17-7-10(8-18-4-1-2-15-18)6-16-5-3-14-11(16)9-17/h1-5,10H,6-9H2,(H2,13,19)/t10-/m1/s1. The Hall–Kier alpha value is -2.31. The monoisotopic (exact) mass is 260 g/mol. The highest BCUT2D eigenvalue weighted by Crippen LogP contribution is 2.16. The van der Waals surface area contributed by atoms with Gasteiger partial charge < -0.3 is 15.2 Å². The average Bonchev–Trinajstić information content (AvgIpc) is 2.98. The zero-order valence-electron chi connectivity index (χ0n) is 10.5. The van der Waals surface area contributed by atoms with Gasteiger partial charge in [-0.05, 0) is 6.07 Å². The van der Waals surface area contributed by atoms with E-state index in [-0.39, 0.29) is 5.92 Å². The van der Waals surface area contributed by atoms with Crippen molar-refractivity contribution in [3.8, 4) is 0 Å². The van der Waals surface area contributed by atoms with Gasteiger partial charge in [0.1, 0.15) is 5.82 Å². The van der Waals surface area contributed by atoms with E-state index in [2.05, 4.69) is 14.6 Å². The van der Waals surface area contributed by atoms with Crippen LogP contribution in [0, 0.1) is 5.92 Å². The highest BCUT2D eigenvalue weighted by molar-refractivity contribution is 5.71. The second-order valence-corrected chi connectivity index (χ2v) is 4.81. The smallest absolute Gasteiger partial charge is 0.315 e. The Kier molecular flexibility index (Phi) is 2.94. The number of amides is 2. The first-order valence-electron chi connectivity index (χ1n) is 6.24. The summed E-state index contributed by atoms with van der Waals surface area (Å²) in [6.45, 7) is 2.67. The van der Waals surface area contributed by atoms with Crippen molar-refractivity contribution in [2.45, 2.75) is 19.6 Å². The molecule has 0 spiro atoms. The number of rotatable bonds is 2. The van der Waals surface area contributed by atoms with Crippen LogP contribution in [-0.4, -0.2) is 36.8 Å². The van der Waals surface area contributed by atoms with Gasteiger partial charge in [-0.3, -0.25) is 4.68 Å². The van der Waals surface area contributed by atoms with Crippen LogP contribution in [0.4, 0.5) is 4.79 Å². The minimum atomic E-state index is -0.401. The molecule has 0 aliphatic carbocycles. The first kappa shape index (κ1) is 11.8. The number of imidazole rings is 1. The first-order chi connectivity index (χ1) is 9.22. The number of hydrogen-bond acceptors (Lipinski definition) is 3. The van der Waals surface area contributed by atoms with Crippen molar-refractivity contribution in [2.24, 2.45) is 11.7 Å². The second-order valence-electron chi connectivity index (χ2n) is 4.81. The Balaban J connectivity index is 1.82. The fourth-order valence-electron chi connectivity index (χ4n) is 2.50. The van der Waals surface area contributed by atoms with Gasteiger partial charge in [-0.25, -0.2) is 9.78 Å². The normalized spacial score (nSPS) is 18.9. The number of nitrogens with two attached hydrogens (primary N) is 1. The van der Waals surface area contributed by atoms with Crippen LogP contribution < -0.4 is 5.73 Å². The minimum Gasteiger partial charge on any atom is -0.351 e. The molecule has 7 heteroatoms. The van der Waals surface area contributed by atoms with Crippen LogP contribution in [0.15, 0.2) is 30.9 Å². The van der Waals surface area contributed by atoms with E-state index in [0.29, 0.717) is 13.1 Å². The third-order valence-electron chi connectivity index (χ3n) is 3.38. The number of aromatic nitrogens is 4. The molecular formula is C12H16N6O. The van der Waals surface area contributed by atoms with Gasteiger partial charge in [0.15, 0.2) is 0 Å². The van der Waals surface area contributed by atoms with Crippen molar-refractivity contribution >= 4 is 6.03 Å². The lowest BCUT2D eigenvalue weighted by Gasteiger charge is -2.22. The molecule has 2 aromatic heterocycles. The number of hydrogen-bond donors (Lipinski definition) is 1. The number of primary amides is 1.